The van der Waals surface area contributed by atoms with Crippen LogP contribution < -0.4 is 0 Å². The zero-order valence-corrected chi connectivity index (χ0v) is 13.6. The van der Waals surface area contributed by atoms with Crippen LogP contribution in [0.15, 0.2) is 24.3 Å². The van der Waals surface area contributed by atoms with Gasteiger partial charge in [-0.05, 0) is 54.0 Å². The number of hydrogen-bond acceptors (Lipinski definition) is 0. The van der Waals surface area contributed by atoms with Gasteiger partial charge in [0.05, 0.1) is 0 Å². The molecule has 0 bridgehead atoms. The van der Waals surface area contributed by atoms with Crippen molar-refractivity contribution in [2.45, 2.75) is 45.4 Å². The minimum atomic E-state index is -1.53. The normalized spacial score (nSPS) is 17.0. The Kier molecular flexibility index (Phi) is 4.93. The Morgan fingerprint density at radius 2 is 1.71 bits per heavy atom. The van der Waals surface area contributed by atoms with Gasteiger partial charge < -0.3 is 0 Å². The average Bonchev–Trinajstić information content (AvgIpc) is 2.57. The molecule has 3 rings (SSSR count). The van der Waals surface area contributed by atoms with Crippen molar-refractivity contribution in [3.8, 4) is 11.1 Å². The Balaban J connectivity index is 1.94. The van der Waals surface area contributed by atoms with Crippen LogP contribution in [0.2, 0.25) is 0 Å². The van der Waals surface area contributed by atoms with Gasteiger partial charge in [-0.25, -0.2) is 17.6 Å². The first kappa shape index (κ1) is 17.0. The van der Waals surface area contributed by atoms with E-state index in [0.29, 0.717) is 17.9 Å². The van der Waals surface area contributed by atoms with Gasteiger partial charge in [-0.3, -0.25) is 0 Å². The highest BCUT2D eigenvalue weighted by Crippen LogP contribution is 2.35. The van der Waals surface area contributed by atoms with Crippen LogP contribution in [0.25, 0.3) is 11.1 Å². The minimum Gasteiger partial charge on any atom is -0.206 e. The SMILES string of the molecule is CCCCC1CCc2c(ccc(-c3cc(F)c(F)c(F)c3)c2F)C1. The van der Waals surface area contributed by atoms with Crippen molar-refractivity contribution < 1.29 is 17.6 Å². The van der Waals surface area contributed by atoms with Crippen LogP contribution in [0.3, 0.4) is 0 Å². The van der Waals surface area contributed by atoms with Crippen LogP contribution in [0.4, 0.5) is 17.6 Å². The summed E-state index contributed by atoms with van der Waals surface area (Å²) >= 11 is 0. The predicted molar refractivity (Wildman–Crippen MR) is 86.8 cm³/mol. The number of rotatable bonds is 4. The van der Waals surface area contributed by atoms with Gasteiger partial charge >= 0.3 is 0 Å². The fraction of sp³-hybridized carbons (Fsp3) is 0.400. The molecular weight excluding hydrogens is 316 g/mol. The van der Waals surface area contributed by atoms with Gasteiger partial charge in [0, 0.05) is 5.56 Å². The highest BCUT2D eigenvalue weighted by Gasteiger charge is 2.23. The summed E-state index contributed by atoms with van der Waals surface area (Å²) in [4.78, 5) is 0. The highest BCUT2D eigenvalue weighted by molar-refractivity contribution is 5.66. The quantitative estimate of drug-likeness (QED) is 0.460. The maximum atomic E-state index is 14.8. The van der Waals surface area contributed by atoms with Crippen molar-refractivity contribution >= 4 is 0 Å². The number of halogens is 4. The molecule has 0 saturated heterocycles. The lowest BCUT2D eigenvalue weighted by atomic mass is 9.80. The number of unbranched alkanes of at least 4 members (excludes halogenated alkanes) is 1. The molecule has 2 aromatic carbocycles. The molecule has 0 aromatic heterocycles. The molecular formula is C20H20F4. The lowest BCUT2D eigenvalue weighted by Gasteiger charge is -2.25. The summed E-state index contributed by atoms with van der Waals surface area (Å²) in [5.41, 5.74) is 1.76. The summed E-state index contributed by atoms with van der Waals surface area (Å²) in [6.07, 6.45) is 5.88. The Labute approximate surface area is 139 Å². The van der Waals surface area contributed by atoms with Crippen LogP contribution >= 0.6 is 0 Å². The maximum Gasteiger partial charge on any atom is 0.194 e. The molecule has 0 heterocycles. The molecule has 0 radical (unpaired) electrons. The second-order valence-electron chi connectivity index (χ2n) is 6.57. The van der Waals surface area contributed by atoms with E-state index in [0.717, 1.165) is 43.4 Å². The molecule has 0 fully saturated rings. The van der Waals surface area contributed by atoms with Gasteiger partial charge in [-0.15, -0.1) is 0 Å². The standard InChI is InChI=1S/C20H20F4/c1-2-3-4-12-5-7-15-13(9-12)6-8-16(19(15)23)14-10-17(21)20(24)18(22)11-14/h6,8,10-12H,2-5,7,9H2,1H3. The monoisotopic (exact) mass is 336 g/mol. The summed E-state index contributed by atoms with van der Waals surface area (Å²) in [6, 6.07) is 5.07. The molecule has 0 N–H and O–H groups in total. The van der Waals surface area contributed by atoms with Gasteiger partial charge in [0.2, 0.25) is 0 Å². The molecule has 4 heteroatoms. The summed E-state index contributed by atoms with van der Waals surface area (Å²) in [6.45, 7) is 2.16. The first-order chi connectivity index (χ1) is 11.5. The van der Waals surface area contributed by atoms with E-state index in [4.69, 9.17) is 0 Å². The van der Waals surface area contributed by atoms with E-state index in [1.807, 2.05) is 6.07 Å². The van der Waals surface area contributed by atoms with Crippen molar-refractivity contribution in [1.29, 1.82) is 0 Å². The van der Waals surface area contributed by atoms with E-state index >= 15 is 0 Å². The number of fused-ring (bicyclic) bond motifs is 1. The summed E-state index contributed by atoms with van der Waals surface area (Å²) in [7, 11) is 0. The molecule has 0 saturated carbocycles. The fourth-order valence-corrected chi connectivity index (χ4v) is 3.56. The molecule has 2 aromatic rings. The van der Waals surface area contributed by atoms with Crippen molar-refractivity contribution in [3.63, 3.8) is 0 Å². The first-order valence-corrected chi connectivity index (χ1v) is 8.46. The van der Waals surface area contributed by atoms with Gasteiger partial charge in [-0.1, -0.05) is 38.3 Å². The Hall–Kier alpha value is -1.84. The molecule has 128 valence electrons. The van der Waals surface area contributed by atoms with Crippen molar-refractivity contribution in [1.82, 2.24) is 0 Å². The molecule has 0 amide bonds. The number of benzene rings is 2. The van der Waals surface area contributed by atoms with Crippen LogP contribution in [0.5, 0.6) is 0 Å². The third-order valence-corrected chi connectivity index (χ3v) is 4.91. The van der Waals surface area contributed by atoms with E-state index in [9.17, 15) is 17.6 Å². The van der Waals surface area contributed by atoms with Gasteiger partial charge in [0.15, 0.2) is 17.5 Å². The van der Waals surface area contributed by atoms with E-state index in [1.54, 1.807) is 6.07 Å². The predicted octanol–water partition coefficient (Wildman–Crippen LogP) is 6.21. The lowest BCUT2D eigenvalue weighted by molar-refractivity contribution is 0.406. The Morgan fingerprint density at radius 1 is 1.00 bits per heavy atom. The summed E-state index contributed by atoms with van der Waals surface area (Å²) < 4.78 is 54.8. The van der Waals surface area contributed by atoms with E-state index < -0.39 is 23.3 Å². The van der Waals surface area contributed by atoms with Gasteiger partial charge in [-0.2, -0.15) is 0 Å². The maximum absolute atomic E-state index is 14.8. The zero-order valence-electron chi connectivity index (χ0n) is 13.6. The molecule has 0 aliphatic heterocycles. The molecule has 1 aliphatic rings. The molecule has 24 heavy (non-hydrogen) atoms. The smallest absolute Gasteiger partial charge is 0.194 e. The molecule has 1 atom stereocenters. The van der Waals surface area contributed by atoms with Crippen LogP contribution in [-0.4, -0.2) is 0 Å². The average molecular weight is 336 g/mol. The summed E-state index contributed by atoms with van der Waals surface area (Å²) in [5.74, 6) is -4.00. The van der Waals surface area contributed by atoms with Crippen molar-refractivity contribution in [3.05, 3.63) is 58.7 Å². The molecule has 1 unspecified atom stereocenters. The third-order valence-electron chi connectivity index (χ3n) is 4.91. The third kappa shape index (κ3) is 3.19. The second kappa shape index (κ2) is 6.96. The molecule has 0 spiro atoms. The topological polar surface area (TPSA) is 0 Å². The Bertz CT molecular complexity index is 729. The Morgan fingerprint density at radius 3 is 2.38 bits per heavy atom. The van der Waals surface area contributed by atoms with E-state index in [2.05, 4.69) is 6.92 Å². The van der Waals surface area contributed by atoms with Crippen molar-refractivity contribution in [2.75, 3.05) is 0 Å². The molecule has 0 nitrogen and oxygen atoms in total. The highest BCUT2D eigenvalue weighted by atomic mass is 19.2. The van der Waals surface area contributed by atoms with E-state index in [-0.39, 0.29) is 11.1 Å². The van der Waals surface area contributed by atoms with Gasteiger partial charge in [0.1, 0.15) is 5.82 Å². The second-order valence-corrected chi connectivity index (χ2v) is 6.57. The van der Waals surface area contributed by atoms with Gasteiger partial charge in [0.25, 0.3) is 0 Å². The van der Waals surface area contributed by atoms with Crippen LogP contribution in [-0.2, 0) is 12.8 Å². The minimum absolute atomic E-state index is 0.0276. The largest absolute Gasteiger partial charge is 0.206 e. The van der Waals surface area contributed by atoms with Crippen LogP contribution in [0, 0.1) is 29.2 Å². The first-order valence-electron chi connectivity index (χ1n) is 8.46. The zero-order chi connectivity index (χ0) is 17.3. The lowest BCUT2D eigenvalue weighted by Crippen LogP contribution is -2.16. The summed E-state index contributed by atoms with van der Waals surface area (Å²) in [5, 5.41) is 0. The molecule has 1 aliphatic carbocycles. The number of hydrogen-bond donors (Lipinski definition) is 0. The fourth-order valence-electron chi connectivity index (χ4n) is 3.56. The van der Waals surface area contributed by atoms with Crippen LogP contribution in [0.1, 0.15) is 43.7 Å². The van der Waals surface area contributed by atoms with Crippen molar-refractivity contribution in [2.24, 2.45) is 5.92 Å². The van der Waals surface area contributed by atoms with E-state index in [1.165, 1.54) is 6.42 Å².